The molecule has 2 atom stereocenters. The van der Waals surface area contributed by atoms with Crippen LogP contribution < -0.4 is 4.74 Å². The van der Waals surface area contributed by atoms with Crippen LogP contribution in [0.5, 0.6) is 5.75 Å². The zero-order chi connectivity index (χ0) is 22.2. The Labute approximate surface area is 181 Å². The molecular formula is C24H29N3O4. The second kappa shape index (κ2) is 8.23. The van der Waals surface area contributed by atoms with Crippen molar-refractivity contribution < 1.29 is 19.7 Å². The molecule has 0 radical (unpaired) electrons. The van der Waals surface area contributed by atoms with E-state index < -0.39 is 6.09 Å². The lowest BCUT2D eigenvalue weighted by atomic mass is 9.80. The van der Waals surface area contributed by atoms with E-state index in [-0.39, 0.29) is 24.2 Å². The smallest absolute Gasteiger partial charge is 0.407 e. The molecular weight excluding hydrogens is 394 g/mol. The number of aromatic nitrogens is 2. The predicted molar refractivity (Wildman–Crippen MR) is 119 cm³/mol. The van der Waals surface area contributed by atoms with Crippen molar-refractivity contribution in [1.82, 2.24) is 14.5 Å². The molecule has 1 saturated heterocycles. The Hall–Kier alpha value is -3.06. The number of hydrogen-bond donors (Lipinski definition) is 2. The number of amides is 1. The lowest BCUT2D eigenvalue weighted by Gasteiger charge is -2.44. The first kappa shape index (κ1) is 21.2. The van der Waals surface area contributed by atoms with Gasteiger partial charge in [0.05, 0.1) is 18.3 Å². The van der Waals surface area contributed by atoms with Crippen molar-refractivity contribution in [2.45, 2.75) is 52.4 Å². The van der Waals surface area contributed by atoms with Gasteiger partial charge in [0.1, 0.15) is 17.7 Å². The summed E-state index contributed by atoms with van der Waals surface area (Å²) in [5.74, 6) is 1.47. The van der Waals surface area contributed by atoms with E-state index >= 15 is 0 Å². The van der Waals surface area contributed by atoms with Gasteiger partial charge >= 0.3 is 6.09 Å². The number of hydrogen-bond acceptors (Lipinski definition) is 4. The Bertz CT molecular complexity index is 1070. The zero-order valence-electron chi connectivity index (χ0n) is 18.2. The summed E-state index contributed by atoms with van der Waals surface area (Å²) in [7, 11) is 0. The van der Waals surface area contributed by atoms with E-state index in [1.54, 1.807) is 11.1 Å². The standard InChI is InChI=1S/C24H29N3O4/c1-24(2,3)21-13-18(9-11-27(21)23(29)30)31-19-5-7-22(25-14-19)26-10-8-17-12-16(15-28)4-6-20(17)26/h4-8,10,12,14,18,21,28H,9,11,13,15H2,1-3H3,(H,29,30). The summed E-state index contributed by atoms with van der Waals surface area (Å²) < 4.78 is 8.18. The molecule has 1 aromatic carbocycles. The Morgan fingerprint density at radius 2 is 2.03 bits per heavy atom. The van der Waals surface area contributed by atoms with Crippen molar-refractivity contribution in [3.8, 4) is 11.6 Å². The molecule has 164 valence electrons. The summed E-state index contributed by atoms with van der Waals surface area (Å²) >= 11 is 0. The first-order valence-electron chi connectivity index (χ1n) is 10.6. The normalized spacial score (nSPS) is 19.5. The zero-order valence-corrected chi connectivity index (χ0v) is 18.2. The largest absolute Gasteiger partial charge is 0.489 e. The maximum atomic E-state index is 11.6. The number of benzene rings is 1. The summed E-state index contributed by atoms with van der Waals surface area (Å²) in [6.07, 6.45) is 4.10. The molecule has 0 aliphatic carbocycles. The van der Waals surface area contributed by atoms with Gasteiger partial charge in [0.25, 0.3) is 0 Å². The number of fused-ring (bicyclic) bond motifs is 1. The minimum absolute atomic E-state index is 0.0207. The molecule has 1 fully saturated rings. The minimum atomic E-state index is -0.866. The van der Waals surface area contributed by atoms with Gasteiger partial charge in [-0.3, -0.25) is 0 Å². The van der Waals surface area contributed by atoms with Gasteiger partial charge in [0.15, 0.2) is 0 Å². The molecule has 7 nitrogen and oxygen atoms in total. The fourth-order valence-electron chi connectivity index (χ4n) is 4.36. The predicted octanol–water partition coefficient (Wildman–Crippen LogP) is 4.45. The van der Waals surface area contributed by atoms with Crippen LogP contribution in [0.2, 0.25) is 0 Å². The quantitative estimate of drug-likeness (QED) is 0.647. The molecule has 2 N–H and O–H groups in total. The van der Waals surface area contributed by atoms with E-state index in [0.717, 1.165) is 22.3 Å². The maximum Gasteiger partial charge on any atom is 0.407 e. The molecule has 7 heteroatoms. The summed E-state index contributed by atoms with van der Waals surface area (Å²) in [5.41, 5.74) is 1.74. The first-order valence-corrected chi connectivity index (χ1v) is 10.6. The van der Waals surface area contributed by atoms with Gasteiger partial charge in [-0.1, -0.05) is 26.8 Å². The molecule has 3 heterocycles. The van der Waals surface area contributed by atoms with E-state index in [4.69, 9.17) is 4.74 Å². The van der Waals surface area contributed by atoms with Gasteiger partial charge in [0, 0.05) is 37.0 Å². The van der Waals surface area contributed by atoms with Gasteiger partial charge < -0.3 is 24.4 Å². The monoisotopic (exact) mass is 423 g/mol. The van der Waals surface area contributed by atoms with Crippen LogP contribution in [-0.4, -0.2) is 49.4 Å². The highest BCUT2D eigenvalue weighted by Gasteiger charge is 2.39. The number of piperidine rings is 1. The second-order valence-corrected chi connectivity index (χ2v) is 9.21. The third-order valence-electron chi connectivity index (χ3n) is 6.01. The lowest BCUT2D eigenvalue weighted by molar-refractivity contribution is 0.0129. The van der Waals surface area contributed by atoms with E-state index in [1.165, 1.54) is 0 Å². The Morgan fingerprint density at radius 1 is 1.23 bits per heavy atom. The molecule has 2 aromatic heterocycles. The highest BCUT2D eigenvalue weighted by Crippen LogP contribution is 2.33. The van der Waals surface area contributed by atoms with Crippen LogP contribution in [-0.2, 0) is 6.61 Å². The number of carbonyl (C=O) groups is 1. The van der Waals surface area contributed by atoms with Crippen LogP contribution in [0.1, 0.15) is 39.2 Å². The SMILES string of the molecule is CC(C)(C)C1CC(Oc2ccc(-n3ccc4cc(CO)ccc43)nc2)CCN1C(=O)O. The highest BCUT2D eigenvalue weighted by molar-refractivity contribution is 5.82. The molecule has 0 spiro atoms. The second-order valence-electron chi connectivity index (χ2n) is 9.21. The molecule has 1 amide bonds. The summed E-state index contributed by atoms with van der Waals surface area (Å²) in [6.45, 7) is 6.69. The number of nitrogens with zero attached hydrogens (tertiary/aromatic N) is 3. The fourth-order valence-corrected chi connectivity index (χ4v) is 4.36. The van der Waals surface area contributed by atoms with Gasteiger partial charge in [-0.2, -0.15) is 0 Å². The number of pyridine rings is 1. The topological polar surface area (TPSA) is 87.8 Å². The number of carboxylic acid groups (broad SMARTS) is 1. The first-order chi connectivity index (χ1) is 14.8. The minimum Gasteiger partial charge on any atom is -0.489 e. The molecule has 4 rings (SSSR count). The summed E-state index contributed by atoms with van der Waals surface area (Å²) in [5, 5.41) is 19.9. The summed E-state index contributed by atoms with van der Waals surface area (Å²) in [6, 6.07) is 11.6. The molecule has 2 unspecified atom stereocenters. The Kier molecular flexibility index (Phi) is 5.62. The van der Waals surface area contributed by atoms with Crippen LogP contribution in [0, 0.1) is 5.41 Å². The fraction of sp³-hybridized carbons (Fsp3) is 0.417. The summed E-state index contributed by atoms with van der Waals surface area (Å²) in [4.78, 5) is 17.7. The maximum absolute atomic E-state index is 11.6. The van der Waals surface area contributed by atoms with Crippen molar-refractivity contribution in [3.63, 3.8) is 0 Å². The number of rotatable bonds is 4. The van der Waals surface area contributed by atoms with Crippen molar-refractivity contribution in [3.05, 3.63) is 54.4 Å². The van der Waals surface area contributed by atoms with Crippen molar-refractivity contribution in [2.75, 3.05) is 6.54 Å². The average Bonchev–Trinajstić information content (AvgIpc) is 3.16. The number of likely N-dealkylation sites (tertiary alicyclic amines) is 1. The van der Waals surface area contributed by atoms with E-state index in [9.17, 15) is 15.0 Å². The van der Waals surface area contributed by atoms with Crippen LogP contribution in [0.4, 0.5) is 4.79 Å². The highest BCUT2D eigenvalue weighted by atomic mass is 16.5. The average molecular weight is 424 g/mol. The third kappa shape index (κ3) is 4.37. The molecule has 0 saturated carbocycles. The Morgan fingerprint density at radius 3 is 2.68 bits per heavy atom. The Balaban J connectivity index is 1.49. The number of aliphatic hydroxyl groups is 1. The van der Waals surface area contributed by atoms with Crippen molar-refractivity contribution in [2.24, 2.45) is 5.41 Å². The van der Waals surface area contributed by atoms with Gasteiger partial charge in [0.2, 0.25) is 0 Å². The van der Waals surface area contributed by atoms with E-state index in [1.807, 2.05) is 47.2 Å². The molecule has 1 aliphatic heterocycles. The molecule has 3 aromatic rings. The molecule has 31 heavy (non-hydrogen) atoms. The van der Waals surface area contributed by atoms with Crippen LogP contribution in [0.15, 0.2) is 48.8 Å². The van der Waals surface area contributed by atoms with Crippen molar-refractivity contribution >= 4 is 17.0 Å². The van der Waals surface area contributed by atoms with E-state index in [2.05, 4.69) is 25.8 Å². The van der Waals surface area contributed by atoms with Crippen molar-refractivity contribution in [1.29, 1.82) is 0 Å². The van der Waals surface area contributed by atoms with Crippen LogP contribution in [0.3, 0.4) is 0 Å². The number of ether oxygens (including phenoxy) is 1. The van der Waals surface area contributed by atoms with Crippen LogP contribution in [0.25, 0.3) is 16.7 Å². The lowest BCUT2D eigenvalue weighted by Crippen LogP contribution is -2.53. The van der Waals surface area contributed by atoms with Gasteiger partial charge in [-0.25, -0.2) is 9.78 Å². The molecule has 0 bridgehead atoms. The van der Waals surface area contributed by atoms with Crippen LogP contribution >= 0.6 is 0 Å². The van der Waals surface area contributed by atoms with E-state index in [0.29, 0.717) is 25.1 Å². The number of aliphatic hydroxyl groups excluding tert-OH is 1. The third-order valence-corrected chi connectivity index (χ3v) is 6.01. The van der Waals surface area contributed by atoms with Gasteiger partial charge in [-0.15, -0.1) is 0 Å². The molecule has 1 aliphatic rings. The van der Waals surface area contributed by atoms with Gasteiger partial charge in [-0.05, 0) is 41.3 Å².